The molecule has 0 heterocycles. The summed E-state index contributed by atoms with van der Waals surface area (Å²) >= 11 is 0. The van der Waals surface area contributed by atoms with Crippen molar-refractivity contribution >= 4 is 12.6 Å². The van der Waals surface area contributed by atoms with E-state index in [-0.39, 0.29) is 34.7 Å². The number of ether oxygens (including phenoxy) is 4. The Morgan fingerprint density at radius 3 is 1.06 bits per heavy atom. The van der Waals surface area contributed by atoms with E-state index in [4.69, 9.17) is 20.3 Å². The van der Waals surface area contributed by atoms with Crippen molar-refractivity contribution in [3.63, 3.8) is 0 Å². The van der Waals surface area contributed by atoms with Crippen molar-refractivity contribution in [2.75, 3.05) is 35.5 Å². The van der Waals surface area contributed by atoms with E-state index < -0.39 is 7.09 Å². The Morgan fingerprint density at radius 2 is 0.771 bits per heavy atom. The molecule has 0 amide bonds. The van der Waals surface area contributed by atoms with Crippen LogP contribution >= 0.6 is 0 Å². The zero-order chi connectivity index (χ0) is 53.0. The van der Waals surface area contributed by atoms with Crippen molar-refractivity contribution in [3.05, 3.63) is 70.8 Å². The minimum atomic E-state index is -0.597. The maximum atomic E-state index is 10.6. The summed E-state index contributed by atoms with van der Waals surface area (Å²) in [6, 6.07) is 17.5. The molecular weight excluding hydrogens is 876 g/mol. The molecule has 70 heavy (non-hydrogen) atoms. The van der Waals surface area contributed by atoms with Gasteiger partial charge in [-0.05, 0) is 125 Å². The lowest BCUT2D eigenvalue weighted by molar-refractivity contribution is -0.137. The van der Waals surface area contributed by atoms with Gasteiger partial charge < -0.3 is 28.5 Å². The number of benzene rings is 2. The second kappa shape index (κ2) is 41.9. The van der Waals surface area contributed by atoms with Gasteiger partial charge in [-0.3, -0.25) is 0 Å². The van der Waals surface area contributed by atoms with Crippen LogP contribution in [-0.4, -0.2) is 60.7 Å². The Kier molecular flexibility index (Phi) is 40.4. The fourth-order valence-electron chi connectivity index (χ4n) is 10.5. The highest BCUT2D eigenvalue weighted by Crippen LogP contribution is 2.37. The molecule has 2 aromatic rings. The van der Waals surface area contributed by atoms with Gasteiger partial charge in [0, 0.05) is 53.5 Å². The normalized spacial score (nSPS) is 19.7. The Bertz CT molecular complexity index is 1500. The van der Waals surface area contributed by atoms with E-state index >= 15 is 0 Å². The monoisotopic (exact) mass is 992 g/mol. The molecule has 0 saturated heterocycles. The van der Waals surface area contributed by atoms with Crippen LogP contribution in [0.25, 0.3) is 0 Å². The lowest BCUT2D eigenvalue weighted by atomic mass is 9.76. The summed E-state index contributed by atoms with van der Waals surface area (Å²) in [5.74, 6) is 8.04. The van der Waals surface area contributed by atoms with E-state index in [1.807, 2.05) is 13.8 Å². The van der Waals surface area contributed by atoms with Gasteiger partial charge in [-0.2, -0.15) is 4.94 Å². The van der Waals surface area contributed by atoms with Gasteiger partial charge in [-0.15, -0.1) is 0 Å². The average molecular weight is 993 g/mol. The van der Waals surface area contributed by atoms with E-state index in [0.717, 1.165) is 80.2 Å². The summed E-state index contributed by atoms with van der Waals surface area (Å²) in [5.41, 5.74) is 5.39. The molecule has 2 saturated carbocycles. The lowest BCUT2D eigenvalue weighted by Crippen LogP contribution is -2.26. The third kappa shape index (κ3) is 34.0. The molecule has 0 N–H and O–H groups in total. The largest absolute Gasteiger partial charge is 1.00 e. The zero-order valence-corrected chi connectivity index (χ0v) is 47.1. The van der Waals surface area contributed by atoms with Crippen molar-refractivity contribution in [2.24, 2.45) is 71.0 Å². The topological polar surface area (TPSA) is 80.3 Å². The van der Waals surface area contributed by atoms with E-state index in [2.05, 4.69) is 123 Å². The highest BCUT2D eigenvalue weighted by Gasteiger charge is 2.26. The van der Waals surface area contributed by atoms with Gasteiger partial charge in [0.25, 0.3) is 0 Å². The minimum Gasteiger partial charge on any atom is -0.356 e. The van der Waals surface area contributed by atoms with Gasteiger partial charge in [0.15, 0.2) is 12.6 Å². The first kappa shape index (κ1) is 67.5. The number of halogens is 1. The molecule has 2 aliphatic carbocycles. The maximum absolute atomic E-state index is 10.6. The number of carbonyl (C=O) groups is 2. The molecule has 4 unspecified atom stereocenters. The molecule has 4 rings (SSSR count). The Morgan fingerprint density at radius 1 is 0.486 bits per heavy atom. The third-order valence-corrected chi connectivity index (χ3v) is 13.7. The Labute approximate surface area is 436 Å². The van der Waals surface area contributed by atoms with Gasteiger partial charge in [0.1, 0.15) is 12.6 Å². The number of rotatable bonds is 24. The predicted molar refractivity (Wildman–Crippen MR) is 299 cm³/mol. The molecule has 2 aromatic carbocycles. The molecule has 4 atom stereocenters. The molecule has 0 aromatic heterocycles. The van der Waals surface area contributed by atoms with Crippen molar-refractivity contribution in [1.82, 2.24) is 0 Å². The molecule has 410 valence electrons. The fourth-order valence-corrected chi connectivity index (χ4v) is 10.5. The minimum absolute atomic E-state index is 0. The molecule has 8 heteroatoms. The summed E-state index contributed by atoms with van der Waals surface area (Å²) in [7, 11) is 6.27. The van der Waals surface area contributed by atoms with Gasteiger partial charge in [0.2, 0.25) is 0 Å². The van der Waals surface area contributed by atoms with Crippen molar-refractivity contribution in [1.29, 1.82) is 0 Å². The number of aldehydes is 2. The number of carbonyl (C=O) groups excluding carboxylic acids is 2. The SMILES string of the molecule is C.CC(C)CC1CCC(CC(C)C=O)CC1.CC(C)Cc1ccc(CC(C)C=O)cc1.COC(OC)C(C)CC1CCC(CC(C)C)CC1.COC(OC)C(C)Cc1ccc(CC(C)C)cc1.[3H]COF.[H+].[HH]. The summed E-state index contributed by atoms with van der Waals surface area (Å²) < 4.78 is 37.2. The molecule has 0 bridgehead atoms. The summed E-state index contributed by atoms with van der Waals surface area (Å²) in [6.45, 7) is 26.7. The van der Waals surface area contributed by atoms with Crippen LogP contribution in [0, 0.1) is 71.0 Å². The summed E-state index contributed by atoms with van der Waals surface area (Å²) in [6.07, 6.45) is 22.5. The predicted octanol–water partition coefficient (Wildman–Crippen LogP) is 17.0. The van der Waals surface area contributed by atoms with Crippen LogP contribution in [0.4, 0.5) is 4.53 Å². The third-order valence-electron chi connectivity index (χ3n) is 13.7. The fraction of sp³-hybridized carbons (Fsp3) is 0.774. The van der Waals surface area contributed by atoms with Gasteiger partial charge >= 0.3 is 1.43 Å². The smallest absolute Gasteiger partial charge is 0.356 e. The van der Waals surface area contributed by atoms with E-state index in [9.17, 15) is 14.1 Å². The van der Waals surface area contributed by atoms with Crippen molar-refractivity contribution < 1.29 is 42.2 Å². The van der Waals surface area contributed by atoms with E-state index in [1.165, 1.54) is 92.9 Å². The standard InChI is InChI=1S/C16H32O2.C16H26O2.C14H26O.C14H20O.CH3FO.CH4.H2/c2*1-12(2)10-14-6-8-15(9-7-14)11-13(3)16(17-4)18-5;2*1-11(2)8-13-4-6-14(7-5-13)9-12(3)10-15;1-3-2;;/h12-16H,6-11H2,1-5H3;6-9,12-13,16H,10-11H2,1-5H3;10-14H,4-9H2,1-3H3;4-7,10-12H,8-9H2,1-3H3;1H3;1H4;1H/p+1/i;;;;1T;;. The van der Waals surface area contributed by atoms with Gasteiger partial charge in [-0.1, -0.05) is 190 Å². The molecule has 0 radical (unpaired) electrons. The first-order valence-electron chi connectivity index (χ1n) is 27.7. The first-order valence-corrected chi connectivity index (χ1v) is 27.0. The average Bonchev–Trinajstić information content (AvgIpc) is 3.32. The van der Waals surface area contributed by atoms with Crippen LogP contribution in [0.1, 0.15) is 194 Å². The second-order valence-electron chi connectivity index (χ2n) is 22.7. The van der Waals surface area contributed by atoms with Crippen LogP contribution < -0.4 is 0 Å². The van der Waals surface area contributed by atoms with Crippen LogP contribution in [0.5, 0.6) is 0 Å². The zero-order valence-electron chi connectivity index (χ0n) is 49.1. The molecule has 2 aliphatic rings. The quantitative estimate of drug-likeness (QED) is 0.0765. The first-order chi connectivity index (χ1) is 33.3. The van der Waals surface area contributed by atoms with Crippen molar-refractivity contribution in [3.8, 4) is 0 Å². The molecule has 7 nitrogen and oxygen atoms in total. The molecule has 0 aliphatic heterocycles. The number of hydrogen-bond acceptors (Lipinski definition) is 7. The molecular formula is C62H114FO7+. The highest BCUT2D eigenvalue weighted by atomic mass is 19.3. The van der Waals surface area contributed by atoms with Crippen LogP contribution in [-0.2, 0) is 59.2 Å². The van der Waals surface area contributed by atoms with E-state index in [1.54, 1.807) is 28.4 Å². The Hall–Kier alpha value is -2.49. The van der Waals surface area contributed by atoms with Gasteiger partial charge in [-0.25, -0.2) is 0 Å². The number of hydrogen-bond donors (Lipinski definition) is 0. The maximum Gasteiger partial charge on any atom is 1.00 e. The summed E-state index contributed by atoms with van der Waals surface area (Å²) in [5, 5.41) is 0. The summed E-state index contributed by atoms with van der Waals surface area (Å²) in [4.78, 5) is 23.8. The number of methoxy groups -OCH3 is 4. The van der Waals surface area contributed by atoms with Crippen molar-refractivity contribution in [2.45, 2.75) is 206 Å². The van der Waals surface area contributed by atoms with Gasteiger partial charge in [0.05, 0.1) is 8.46 Å². The van der Waals surface area contributed by atoms with Crippen LogP contribution in [0.2, 0.25) is 0 Å². The van der Waals surface area contributed by atoms with Crippen LogP contribution in [0.15, 0.2) is 48.5 Å². The molecule has 0 spiro atoms. The lowest BCUT2D eigenvalue weighted by Gasteiger charge is -2.32. The second-order valence-corrected chi connectivity index (χ2v) is 22.7. The molecule has 2 fully saturated rings. The Balaban J connectivity index is -0.000000419. The van der Waals surface area contributed by atoms with Crippen LogP contribution in [0.3, 0.4) is 0 Å². The highest BCUT2D eigenvalue weighted by molar-refractivity contribution is 5.53. The van der Waals surface area contributed by atoms with E-state index in [0.29, 0.717) is 23.7 Å².